The highest BCUT2D eigenvalue weighted by Gasteiger charge is 2.22. The van der Waals surface area contributed by atoms with Crippen molar-refractivity contribution in [3.8, 4) is 0 Å². The Morgan fingerprint density at radius 1 is 1.03 bits per heavy atom. The standard InChI is InChI=1S/C23H31N5.4C2H6/c1-3-15(2)10-11-27-14-16(12-24)23-18-7-5-4-6-17(18)22-19(13-25)20(26)8-9-21(22)28-23;4*1-2/h8-9,12-15,25H,3-7,10-11,24,26H2,1-2H3;4*1-2H3/b16-12+,25-13?,27-14?;;;;. The first kappa shape index (κ1) is 35.5. The molecular weight excluding hydrogens is 442 g/mol. The maximum Gasteiger partial charge on any atom is 0.0774 e. The van der Waals surface area contributed by atoms with Crippen molar-refractivity contribution in [3.63, 3.8) is 0 Å². The van der Waals surface area contributed by atoms with Crippen molar-refractivity contribution in [2.45, 2.75) is 108 Å². The molecule has 0 bridgehead atoms. The Morgan fingerprint density at radius 2 is 1.61 bits per heavy atom. The van der Waals surface area contributed by atoms with Crippen molar-refractivity contribution < 1.29 is 0 Å². The van der Waals surface area contributed by atoms with Crippen molar-refractivity contribution in [1.82, 2.24) is 4.98 Å². The lowest BCUT2D eigenvalue weighted by Crippen LogP contribution is -2.12. The van der Waals surface area contributed by atoms with Gasteiger partial charge in [-0.25, -0.2) is 4.98 Å². The number of fused-ring (bicyclic) bond motifs is 3. The smallest absolute Gasteiger partial charge is 0.0774 e. The molecule has 0 saturated carbocycles. The normalized spacial score (nSPS) is 12.9. The second-order valence-corrected chi connectivity index (χ2v) is 7.69. The van der Waals surface area contributed by atoms with Gasteiger partial charge in [-0.2, -0.15) is 0 Å². The molecule has 36 heavy (non-hydrogen) atoms. The van der Waals surface area contributed by atoms with Crippen LogP contribution in [-0.4, -0.2) is 24.0 Å². The van der Waals surface area contributed by atoms with Gasteiger partial charge in [-0.3, -0.25) is 4.99 Å². The molecule has 0 fully saturated rings. The predicted molar refractivity (Wildman–Crippen MR) is 166 cm³/mol. The molecule has 5 nitrogen and oxygen atoms in total. The Bertz CT molecular complexity index is 928. The van der Waals surface area contributed by atoms with E-state index in [9.17, 15) is 0 Å². The van der Waals surface area contributed by atoms with Crippen molar-refractivity contribution in [2.24, 2.45) is 16.6 Å². The zero-order valence-corrected chi connectivity index (χ0v) is 25.0. The topological polar surface area (TPSA) is 101 Å². The van der Waals surface area contributed by atoms with Crippen molar-refractivity contribution >= 4 is 34.6 Å². The second-order valence-electron chi connectivity index (χ2n) is 7.69. The number of nitrogens with one attached hydrogen (secondary N) is 1. The number of nitrogens with two attached hydrogens (primary N) is 2. The molecule has 0 aliphatic heterocycles. The molecule has 2 aromatic rings. The van der Waals surface area contributed by atoms with E-state index in [0.717, 1.165) is 66.4 Å². The zero-order valence-electron chi connectivity index (χ0n) is 25.0. The van der Waals surface area contributed by atoms with Gasteiger partial charge in [0, 0.05) is 47.4 Å². The van der Waals surface area contributed by atoms with Gasteiger partial charge in [-0.1, -0.05) is 75.7 Å². The van der Waals surface area contributed by atoms with Crippen LogP contribution >= 0.6 is 0 Å². The maximum atomic E-state index is 7.84. The Hall–Kier alpha value is -2.69. The minimum Gasteiger partial charge on any atom is -0.404 e. The third-order valence-corrected chi connectivity index (χ3v) is 5.82. The molecule has 3 rings (SSSR count). The van der Waals surface area contributed by atoms with Crippen LogP contribution in [0.3, 0.4) is 0 Å². The maximum absolute atomic E-state index is 7.84. The Balaban J connectivity index is 0. The number of pyridine rings is 1. The molecule has 204 valence electrons. The lowest BCUT2D eigenvalue weighted by atomic mass is 9.85. The van der Waals surface area contributed by atoms with Crippen LogP contribution in [0.5, 0.6) is 0 Å². The average molecular weight is 498 g/mol. The first-order chi connectivity index (χ1) is 17.6. The molecule has 0 radical (unpaired) electrons. The number of aromatic nitrogens is 1. The van der Waals surface area contributed by atoms with Gasteiger partial charge < -0.3 is 16.9 Å². The van der Waals surface area contributed by atoms with E-state index in [1.54, 1.807) is 6.20 Å². The summed E-state index contributed by atoms with van der Waals surface area (Å²) in [6, 6.07) is 3.78. The number of hydrogen-bond donors (Lipinski definition) is 3. The van der Waals surface area contributed by atoms with Gasteiger partial charge in [-0.15, -0.1) is 0 Å². The number of aryl methyl sites for hydroxylation is 1. The van der Waals surface area contributed by atoms with E-state index < -0.39 is 0 Å². The Kier molecular flexibility index (Phi) is 21.3. The molecule has 0 amide bonds. The lowest BCUT2D eigenvalue weighted by molar-refractivity contribution is 0.525. The Labute approximate surface area is 222 Å². The van der Waals surface area contributed by atoms with Crippen LogP contribution in [0.15, 0.2) is 23.3 Å². The van der Waals surface area contributed by atoms with E-state index in [2.05, 4.69) is 18.8 Å². The summed E-state index contributed by atoms with van der Waals surface area (Å²) < 4.78 is 0. The van der Waals surface area contributed by atoms with Crippen molar-refractivity contribution in [2.75, 3.05) is 12.3 Å². The van der Waals surface area contributed by atoms with E-state index in [1.807, 2.05) is 73.7 Å². The minimum absolute atomic E-state index is 0.631. The molecule has 1 heterocycles. The van der Waals surface area contributed by atoms with E-state index >= 15 is 0 Å². The fourth-order valence-electron chi connectivity index (χ4n) is 3.90. The SMILES string of the molecule is CC.CC.CC.CC.CCC(C)CCN=C/C(=C\N)c1nc2ccc(N)c(C=N)c2c2c1CCCC2. The molecule has 5 heteroatoms. The molecule has 1 atom stereocenters. The van der Waals surface area contributed by atoms with Gasteiger partial charge in [0.15, 0.2) is 0 Å². The molecule has 1 aromatic heterocycles. The number of allylic oxidation sites excluding steroid dienone is 1. The van der Waals surface area contributed by atoms with Crippen molar-refractivity contribution in [3.05, 3.63) is 40.7 Å². The van der Waals surface area contributed by atoms with Crippen LogP contribution in [0.4, 0.5) is 5.69 Å². The largest absolute Gasteiger partial charge is 0.404 e. The zero-order chi connectivity index (χ0) is 28.1. The number of nitrogens with zero attached hydrogens (tertiary/aromatic N) is 2. The van der Waals surface area contributed by atoms with Crippen LogP contribution < -0.4 is 11.5 Å². The second kappa shape index (κ2) is 21.6. The summed E-state index contributed by atoms with van der Waals surface area (Å²) in [4.78, 5) is 9.56. The average Bonchev–Trinajstić information content (AvgIpc) is 2.97. The summed E-state index contributed by atoms with van der Waals surface area (Å²) in [5, 5.41) is 8.86. The van der Waals surface area contributed by atoms with Gasteiger partial charge in [-0.05, 0) is 61.3 Å². The third kappa shape index (κ3) is 9.75. The first-order valence-electron chi connectivity index (χ1n) is 14.3. The fourth-order valence-corrected chi connectivity index (χ4v) is 3.90. The van der Waals surface area contributed by atoms with Crippen molar-refractivity contribution in [1.29, 1.82) is 5.41 Å². The first-order valence-corrected chi connectivity index (χ1v) is 14.3. The highest BCUT2D eigenvalue weighted by atomic mass is 14.8. The minimum atomic E-state index is 0.631. The van der Waals surface area contributed by atoms with E-state index in [0.29, 0.717) is 11.6 Å². The molecule has 1 aliphatic carbocycles. The van der Waals surface area contributed by atoms with Gasteiger partial charge in [0.05, 0.1) is 11.2 Å². The molecule has 1 aromatic carbocycles. The number of nitrogen functional groups attached to an aromatic ring is 1. The molecule has 1 unspecified atom stereocenters. The summed E-state index contributed by atoms with van der Waals surface area (Å²) in [5.41, 5.74) is 18.7. The molecule has 0 saturated heterocycles. The van der Waals surface area contributed by atoms with Crippen LogP contribution in [0.2, 0.25) is 0 Å². The number of benzene rings is 1. The molecule has 5 N–H and O–H groups in total. The summed E-state index contributed by atoms with van der Waals surface area (Å²) in [6.45, 7) is 21.3. The summed E-state index contributed by atoms with van der Waals surface area (Å²) >= 11 is 0. The quantitative estimate of drug-likeness (QED) is 0.263. The predicted octanol–water partition coefficient (Wildman–Crippen LogP) is 8.60. The highest BCUT2D eigenvalue weighted by Crippen LogP contribution is 2.35. The monoisotopic (exact) mass is 497 g/mol. The summed E-state index contributed by atoms with van der Waals surface area (Å²) in [7, 11) is 0. The fraction of sp³-hybridized carbons (Fsp3) is 0.581. The van der Waals surface area contributed by atoms with E-state index in [-0.39, 0.29) is 0 Å². The lowest BCUT2D eigenvalue weighted by Gasteiger charge is -2.23. The summed E-state index contributed by atoms with van der Waals surface area (Å²) in [6.07, 6.45) is 11.3. The van der Waals surface area contributed by atoms with Gasteiger partial charge in [0.2, 0.25) is 0 Å². The van der Waals surface area contributed by atoms with Gasteiger partial charge >= 0.3 is 0 Å². The van der Waals surface area contributed by atoms with Crippen LogP contribution in [0.25, 0.3) is 16.5 Å². The van der Waals surface area contributed by atoms with Crippen LogP contribution in [-0.2, 0) is 12.8 Å². The van der Waals surface area contributed by atoms with Crippen LogP contribution in [0, 0.1) is 11.3 Å². The Morgan fingerprint density at radius 3 is 2.14 bits per heavy atom. The number of aliphatic imine (C=N–C) groups is 1. The summed E-state index contributed by atoms with van der Waals surface area (Å²) in [5.74, 6) is 0.680. The number of anilines is 1. The molecule has 0 spiro atoms. The van der Waals surface area contributed by atoms with Crippen LogP contribution in [0.1, 0.15) is 117 Å². The highest BCUT2D eigenvalue weighted by molar-refractivity contribution is 6.11. The number of hydrogen-bond acceptors (Lipinski definition) is 5. The molecule has 1 aliphatic rings. The molecular formula is C31H55N5. The van der Waals surface area contributed by atoms with E-state index in [4.69, 9.17) is 21.9 Å². The van der Waals surface area contributed by atoms with Gasteiger partial charge in [0.1, 0.15) is 0 Å². The third-order valence-electron chi connectivity index (χ3n) is 5.82. The van der Waals surface area contributed by atoms with E-state index in [1.165, 1.54) is 23.8 Å². The number of rotatable bonds is 7. The van der Waals surface area contributed by atoms with Gasteiger partial charge in [0.25, 0.3) is 0 Å².